The summed E-state index contributed by atoms with van der Waals surface area (Å²) in [6, 6.07) is 3.75. The number of fused-ring (bicyclic) bond motifs is 3. The number of amides is 2. The lowest BCUT2D eigenvalue weighted by Crippen LogP contribution is -2.68. The summed E-state index contributed by atoms with van der Waals surface area (Å²) in [7, 11) is 0. The molecule has 1 heterocycles. The molecule has 5 rings (SSSR count). The quantitative estimate of drug-likeness (QED) is 0.330. The van der Waals surface area contributed by atoms with E-state index in [0.717, 1.165) is 0 Å². The molecule has 190 valence electrons. The van der Waals surface area contributed by atoms with Crippen LogP contribution >= 0.6 is 0 Å². The van der Waals surface area contributed by atoms with Crippen molar-refractivity contribution in [3.05, 3.63) is 46.2 Å². The number of piperazine rings is 1. The van der Waals surface area contributed by atoms with Crippen LogP contribution in [0.3, 0.4) is 0 Å². The molecule has 2 amide bonds. The molecule has 11 nitrogen and oxygen atoms in total. The normalized spacial score (nSPS) is 30.6. The molecule has 1 saturated carbocycles. The number of nitrogens with one attached hydrogen (secondary N) is 1. The third-order valence-electron chi connectivity index (χ3n) is 8.11. The van der Waals surface area contributed by atoms with E-state index in [9.17, 15) is 34.8 Å². The Kier molecular flexibility index (Phi) is 5.45. The third kappa shape index (κ3) is 3.19. The number of primary amides is 1. The number of nitrogens with two attached hydrogens (primary N) is 1. The molecule has 0 bridgehead atoms. The van der Waals surface area contributed by atoms with Crippen molar-refractivity contribution in [3.63, 3.8) is 0 Å². The first-order valence-electron chi connectivity index (χ1n) is 11.8. The van der Waals surface area contributed by atoms with Crippen LogP contribution in [0, 0.1) is 17.2 Å². The Morgan fingerprint density at radius 3 is 2.42 bits per heavy atom. The Labute approximate surface area is 206 Å². The number of aliphatic hydroxyl groups excluding tert-OH is 2. The van der Waals surface area contributed by atoms with Gasteiger partial charge in [0.15, 0.2) is 5.60 Å². The van der Waals surface area contributed by atoms with Gasteiger partial charge in [0, 0.05) is 44.6 Å². The van der Waals surface area contributed by atoms with Crippen LogP contribution < -0.4 is 5.73 Å². The largest absolute Gasteiger partial charge is 0.510 e. The molecule has 7 N–H and O–H groups in total. The number of hydrogen-bond donors (Lipinski definition) is 6. The van der Waals surface area contributed by atoms with E-state index in [4.69, 9.17) is 11.1 Å². The van der Waals surface area contributed by atoms with Gasteiger partial charge in [-0.1, -0.05) is 12.1 Å². The van der Waals surface area contributed by atoms with Crippen LogP contribution in [0.5, 0.6) is 5.75 Å². The highest BCUT2D eigenvalue weighted by Crippen LogP contribution is 2.52. The van der Waals surface area contributed by atoms with Crippen LogP contribution in [0.15, 0.2) is 35.1 Å². The lowest BCUT2D eigenvalue weighted by atomic mass is 9.56. The fourth-order valence-corrected chi connectivity index (χ4v) is 6.38. The molecule has 0 aromatic heterocycles. The average molecular weight is 497 g/mol. The number of Topliss-reactive ketones (excluding diaryl/α,β-unsaturated/α-hetero) is 1. The standard InChI is InChI=1S/C25H28N4O7/c1-11(30)28-5-7-29(8-6-28)19-14-10-13-9-12-3-2-4-15(31)16(12)20(32)17(13)23(34)25(14,36)22(26)18(21(19)33)24(27)35/h2-4,13-14,19,26,31-33,36H,5-10H2,1H3,(H2,27,35)/t13-,14-,19+,25+/m0/s1. The predicted molar refractivity (Wildman–Crippen MR) is 127 cm³/mol. The molecule has 11 heteroatoms. The van der Waals surface area contributed by atoms with Gasteiger partial charge in [-0.25, -0.2) is 0 Å². The summed E-state index contributed by atoms with van der Waals surface area (Å²) in [5.41, 5.74) is 2.15. The lowest BCUT2D eigenvalue weighted by molar-refractivity contribution is -0.140. The van der Waals surface area contributed by atoms with Crippen LogP contribution in [-0.4, -0.2) is 91.4 Å². The van der Waals surface area contributed by atoms with E-state index < -0.39 is 58.0 Å². The summed E-state index contributed by atoms with van der Waals surface area (Å²) in [5, 5.41) is 53.0. The van der Waals surface area contributed by atoms with Crippen LogP contribution in [0.2, 0.25) is 0 Å². The van der Waals surface area contributed by atoms with E-state index in [2.05, 4.69) is 0 Å². The topological polar surface area (TPSA) is 188 Å². The van der Waals surface area contributed by atoms with Crippen LogP contribution in [0.4, 0.5) is 0 Å². The lowest BCUT2D eigenvalue weighted by Gasteiger charge is -2.53. The van der Waals surface area contributed by atoms with E-state index in [1.165, 1.54) is 13.0 Å². The average Bonchev–Trinajstić information content (AvgIpc) is 2.81. The molecule has 0 radical (unpaired) electrons. The summed E-state index contributed by atoms with van der Waals surface area (Å²) in [5.74, 6) is -4.91. The highest BCUT2D eigenvalue weighted by Gasteiger charge is 2.63. The maximum absolute atomic E-state index is 13.9. The Hall–Kier alpha value is -3.70. The van der Waals surface area contributed by atoms with Gasteiger partial charge in [-0.3, -0.25) is 19.3 Å². The van der Waals surface area contributed by atoms with Crippen LogP contribution in [0.1, 0.15) is 24.5 Å². The van der Waals surface area contributed by atoms with Crippen LogP contribution in [-0.2, 0) is 20.8 Å². The van der Waals surface area contributed by atoms with Gasteiger partial charge in [-0.2, -0.15) is 0 Å². The first-order valence-corrected chi connectivity index (χ1v) is 11.8. The molecule has 36 heavy (non-hydrogen) atoms. The number of aliphatic hydroxyl groups is 3. The molecular weight excluding hydrogens is 468 g/mol. The van der Waals surface area contributed by atoms with Crippen molar-refractivity contribution in [1.82, 2.24) is 9.80 Å². The maximum atomic E-state index is 13.9. The Bertz CT molecular complexity index is 1280. The van der Waals surface area contributed by atoms with Crippen molar-refractivity contribution in [2.45, 2.75) is 31.4 Å². The number of hydrogen-bond acceptors (Lipinski definition) is 9. The van der Waals surface area contributed by atoms with Crippen molar-refractivity contribution >= 4 is 29.1 Å². The predicted octanol–water partition coefficient (Wildman–Crippen LogP) is 0.0172. The number of ketones is 1. The number of phenols is 1. The molecule has 1 saturated heterocycles. The second kappa shape index (κ2) is 8.17. The molecule has 2 fully saturated rings. The number of carbonyl (C=O) groups is 3. The zero-order valence-electron chi connectivity index (χ0n) is 19.7. The van der Waals surface area contributed by atoms with Crippen molar-refractivity contribution in [3.8, 4) is 5.75 Å². The summed E-state index contributed by atoms with van der Waals surface area (Å²) in [6.45, 7) is 2.78. The van der Waals surface area contributed by atoms with Crippen molar-refractivity contribution in [2.75, 3.05) is 26.2 Å². The molecular formula is C25H28N4O7. The number of rotatable bonds is 2. The van der Waals surface area contributed by atoms with Crippen molar-refractivity contribution in [1.29, 1.82) is 5.41 Å². The van der Waals surface area contributed by atoms with Gasteiger partial charge >= 0.3 is 0 Å². The summed E-state index contributed by atoms with van der Waals surface area (Å²) >= 11 is 0. The van der Waals surface area contributed by atoms with Gasteiger partial charge in [0.1, 0.15) is 22.8 Å². The number of phenolic OH excluding ortho intramolecular Hbond substituents is 1. The fraction of sp³-hybridized carbons (Fsp3) is 0.440. The van der Waals surface area contributed by atoms with Crippen LogP contribution in [0.25, 0.3) is 5.76 Å². The minimum absolute atomic E-state index is 0.101. The minimum Gasteiger partial charge on any atom is -0.510 e. The van der Waals surface area contributed by atoms with Gasteiger partial charge in [0.25, 0.3) is 5.91 Å². The Morgan fingerprint density at radius 1 is 1.14 bits per heavy atom. The van der Waals surface area contributed by atoms with E-state index in [1.54, 1.807) is 21.9 Å². The van der Waals surface area contributed by atoms with Gasteiger partial charge in [0.2, 0.25) is 11.7 Å². The first-order chi connectivity index (χ1) is 17.0. The number of benzene rings is 1. The monoisotopic (exact) mass is 496 g/mol. The van der Waals surface area contributed by atoms with Gasteiger partial charge in [-0.15, -0.1) is 0 Å². The van der Waals surface area contributed by atoms with E-state index in [1.807, 2.05) is 0 Å². The van der Waals surface area contributed by atoms with E-state index in [0.29, 0.717) is 38.2 Å². The highest BCUT2D eigenvalue weighted by molar-refractivity contribution is 6.33. The highest BCUT2D eigenvalue weighted by atomic mass is 16.3. The van der Waals surface area contributed by atoms with Gasteiger partial charge in [-0.05, 0) is 30.4 Å². The van der Waals surface area contributed by atoms with E-state index in [-0.39, 0.29) is 29.2 Å². The molecule has 1 aliphatic heterocycles. The van der Waals surface area contributed by atoms with Crippen molar-refractivity contribution < 1.29 is 34.8 Å². The molecule has 1 aromatic rings. The SMILES string of the molecule is CC(=O)N1CCN([C@H]2C(O)=C(C(N)=O)C(=N)[C@@]3(O)C(=O)C4=C(O)c5c(O)cccc5C[C@H]4C[C@@H]23)CC1. The Balaban J connectivity index is 1.63. The van der Waals surface area contributed by atoms with E-state index >= 15 is 0 Å². The molecule has 4 atom stereocenters. The second-order valence-electron chi connectivity index (χ2n) is 9.90. The van der Waals surface area contributed by atoms with Crippen molar-refractivity contribution in [2.24, 2.45) is 17.6 Å². The summed E-state index contributed by atoms with van der Waals surface area (Å²) in [4.78, 5) is 41.4. The molecule has 4 aliphatic rings. The second-order valence-corrected chi connectivity index (χ2v) is 9.90. The minimum atomic E-state index is -2.53. The third-order valence-corrected chi connectivity index (χ3v) is 8.11. The maximum Gasteiger partial charge on any atom is 0.254 e. The summed E-state index contributed by atoms with van der Waals surface area (Å²) in [6.07, 6.45) is 0.416. The first kappa shape index (κ1) is 24.0. The molecule has 1 aromatic carbocycles. The number of aromatic hydroxyl groups is 1. The number of nitrogens with zero attached hydrogens (tertiary/aromatic N) is 2. The fourth-order valence-electron chi connectivity index (χ4n) is 6.38. The summed E-state index contributed by atoms with van der Waals surface area (Å²) < 4.78 is 0. The van der Waals surface area contributed by atoms with Gasteiger partial charge in [0.05, 0.1) is 17.3 Å². The zero-order valence-corrected chi connectivity index (χ0v) is 19.7. The van der Waals surface area contributed by atoms with Gasteiger partial charge < -0.3 is 36.5 Å². The molecule has 3 aliphatic carbocycles. The number of carbonyl (C=O) groups excluding carboxylic acids is 3. The molecule has 0 unspecified atom stereocenters. The molecule has 0 spiro atoms. The Morgan fingerprint density at radius 2 is 1.81 bits per heavy atom. The zero-order chi connectivity index (χ0) is 26.1. The smallest absolute Gasteiger partial charge is 0.254 e.